The van der Waals surface area contributed by atoms with Gasteiger partial charge in [0.1, 0.15) is 17.6 Å². The molecule has 0 saturated carbocycles. The van der Waals surface area contributed by atoms with Crippen molar-refractivity contribution in [3.8, 4) is 10.9 Å². The normalized spacial score (nSPS) is 10.8. The van der Waals surface area contributed by atoms with E-state index in [9.17, 15) is 0 Å². The lowest BCUT2D eigenvalue weighted by atomic mass is 10.1. The minimum atomic E-state index is 0.587. The summed E-state index contributed by atoms with van der Waals surface area (Å²) in [7, 11) is 0. The van der Waals surface area contributed by atoms with Crippen molar-refractivity contribution in [2.75, 3.05) is 11.9 Å². The van der Waals surface area contributed by atoms with Crippen molar-refractivity contribution < 1.29 is 4.74 Å². The van der Waals surface area contributed by atoms with E-state index in [4.69, 9.17) is 4.74 Å². The zero-order chi connectivity index (χ0) is 17.8. The van der Waals surface area contributed by atoms with Gasteiger partial charge in [0, 0.05) is 30.0 Å². The number of nitrogens with one attached hydrogen (secondary N) is 1. The molecule has 4 rings (SSSR count). The minimum Gasteiger partial charge on any atom is -0.431 e. The van der Waals surface area contributed by atoms with Crippen molar-refractivity contribution in [2.24, 2.45) is 0 Å². The van der Waals surface area contributed by atoms with Crippen LogP contribution in [-0.2, 0) is 6.42 Å². The Morgan fingerprint density at radius 1 is 1.00 bits per heavy atom. The lowest BCUT2D eigenvalue weighted by Crippen LogP contribution is -2.07. The van der Waals surface area contributed by atoms with Gasteiger partial charge >= 0.3 is 0 Å². The van der Waals surface area contributed by atoms with Gasteiger partial charge in [-0.2, -0.15) is 0 Å². The first kappa shape index (κ1) is 16.3. The summed E-state index contributed by atoms with van der Waals surface area (Å²) in [6.07, 6.45) is 7.41. The van der Waals surface area contributed by atoms with Crippen molar-refractivity contribution in [1.82, 2.24) is 24.9 Å². The van der Waals surface area contributed by atoms with Crippen LogP contribution in [0.2, 0.25) is 0 Å². The Bertz CT molecular complexity index is 1010. The summed E-state index contributed by atoms with van der Waals surface area (Å²) in [5.41, 5.74) is 2.46. The Balaban J connectivity index is 1.36. The summed E-state index contributed by atoms with van der Waals surface area (Å²) in [6, 6.07) is 8.01. The van der Waals surface area contributed by atoms with Crippen LogP contribution in [-0.4, -0.2) is 31.5 Å². The zero-order valence-corrected chi connectivity index (χ0v) is 14.9. The fraction of sp³-hybridized carbons (Fsp3) is 0.167. The molecule has 26 heavy (non-hydrogen) atoms. The van der Waals surface area contributed by atoms with Crippen LogP contribution in [0.5, 0.6) is 10.9 Å². The van der Waals surface area contributed by atoms with Gasteiger partial charge in [0.15, 0.2) is 11.5 Å². The van der Waals surface area contributed by atoms with E-state index >= 15 is 0 Å². The lowest BCUT2D eigenvalue weighted by molar-refractivity contribution is 0.478. The molecule has 0 bridgehead atoms. The van der Waals surface area contributed by atoms with E-state index in [2.05, 4.69) is 42.4 Å². The molecule has 0 saturated heterocycles. The van der Waals surface area contributed by atoms with E-state index in [1.807, 2.05) is 19.1 Å². The molecule has 0 spiro atoms. The largest absolute Gasteiger partial charge is 0.431 e. The number of ether oxygens (including phenoxy) is 1. The molecule has 0 fully saturated rings. The maximum absolute atomic E-state index is 5.74. The standard InChI is InChI=1S/C18H16N6OS/c1-12-10-22-18(26-12)25-14-4-2-13(3-5-14)6-7-20-16-15-17(24-11-23-16)21-9-8-19-15/h2-5,8-11H,6-7H2,1H3,(H,20,21,23,24). The third-order valence-corrected chi connectivity index (χ3v) is 4.50. The Kier molecular flexibility index (Phi) is 4.65. The van der Waals surface area contributed by atoms with Crippen LogP contribution in [0.1, 0.15) is 10.4 Å². The van der Waals surface area contributed by atoms with Gasteiger partial charge in [0.25, 0.3) is 5.19 Å². The molecular weight excluding hydrogens is 348 g/mol. The summed E-state index contributed by atoms with van der Waals surface area (Å²) >= 11 is 1.53. The quantitative estimate of drug-likeness (QED) is 0.559. The third-order valence-electron chi connectivity index (χ3n) is 3.70. The lowest BCUT2D eigenvalue weighted by Gasteiger charge is -2.08. The number of hydrogen-bond acceptors (Lipinski definition) is 8. The number of benzene rings is 1. The molecule has 0 aliphatic carbocycles. The molecule has 7 nitrogen and oxygen atoms in total. The molecule has 8 heteroatoms. The van der Waals surface area contributed by atoms with E-state index in [0.717, 1.165) is 23.6 Å². The average Bonchev–Trinajstić information content (AvgIpc) is 3.08. The number of thiazole rings is 1. The van der Waals surface area contributed by atoms with Crippen LogP contribution in [0.4, 0.5) is 5.82 Å². The van der Waals surface area contributed by atoms with Gasteiger partial charge in [-0.15, -0.1) is 0 Å². The number of aryl methyl sites for hydroxylation is 1. The molecule has 0 atom stereocenters. The van der Waals surface area contributed by atoms with Crippen LogP contribution in [0.3, 0.4) is 0 Å². The molecule has 0 aliphatic heterocycles. The summed E-state index contributed by atoms with van der Waals surface area (Å²) < 4.78 is 5.74. The van der Waals surface area contributed by atoms with Gasteiger partial charge in [0.2, 0.25) is 0 Å². The maximum atomic E-state index is 5.74. The molecule has 4 aromatic rings. The van der Waals surface area contributed by atoms with Gasteiger partial charge in [-0.1, -0.05) is 23.5 Å². The van der Waals surface area contributed by atoms with E-state index in [1.54, 1.807) is 18.6 Å². The molecule has 0 amide bonds. The fourth-order valence-corrected chi connectivity index (χ4v) is 3.08. The molecular formula is C18H16N6OS. The average molecular weight is 364 g/mol. The molecule has 0 radical (unpaired) electrons. The maximum Gasteiger partial charge on any atom is 0.278 e. The number of rotatable bonds is 6. The molecule has 3 aromatic heterocycles. The number of anilines is 1. The predicted molar refractivity (Wildman–Crippen MR) is 101 cm³/mol. The first-order valence-corrected chi connectivity index (χ1v) is 8.94. The molecule has 0 aliphatic rings. The second-order valence-corrected chi connectivity index (χ2v) is 6.81. The molecule has 130 valence electrons. The molecule has 1 aromatic carbocycles. The van der Waals surface area contributed by atoms with E-state index in [0.29, 0.717) is 22.2 Å². The number of fused-ring (bicyclic) bond motifs is 1. The SMILES string of the molecule is Cc1cnc(Oc2ccc(CCNc3ncnc4nccnc34)cc2)s1. The monoisotopic (exact) mass is 364 g/mol. The van der Waals surface area contributed by atoms with Crippen molar-refractivity contribution in [2.45, 2.75) is 13.3 Å². The van der Waals surface area contributed by atoms with Crippen molar-refractivity contribution >= 4 is 28.3 Å². The highest BCUT2D eigenvalue weighted by atomic mass is 32.1. The Morgan fingerprint density at radius 3 is 2.65 bits per heavy atom. The summed E-state index contributed by atoms with van der Waals surface area (Å²) in [5, 5.41) is 3.96. The summed E-state index contributed by atoms with van der Waals surface area (Å²) in [6.45, 7) is 2.74. The number of hydrogen-bond donors (Lipinski definition) is 1. The van der Waals surface area contributed by atoms with Crippen LogP contribution < -0.4 is 10.1 Å². The minimum absolute atomic E-state index is 0.587. The van der Waals surface area contributed by atoms with Gasteiger partial charge in [0.05, 0.1) is 0 Å². The van der Waals surface area contributed by atoms with E-state index in [1.165, 1.54) is 23.2 Å². The molecule has 0 unspecified atom stereocenters. The van der Waals surface area contributed by atoms with Crippen molar-refractivity contribution in [1.29, 1.82) is 0 Å². The predicted octanol–water partition coefficient (Wildman–Crippen LogP) is 3.63. The van der Waals surface area contributed by atoms with Gasteiger partial charge < -0.3 is 10.1 Å². The van der Waals surface area contributed by atoms with Crippen LogP contribution in [0.15, 0.2) is 49.2 Å². The molecule has 3 heterocycles. The van der Waals surface area contributed by atoms with Crippen LogP contribution >= 0.6 is 11.3 Å². The number of nitrogens with zero attached hydrogens (tertiary/aromatic N) is 5. The smallest absolute Gasteiger partial charge is 0.278 e. The topological polar surface area (TPSA) is 85.7 Å². The highest BCUT2D eigenvalue weighted by molar-refractivity contribution is 7.13. The highest BCUT2D eigenvalue weighted by Crippen LogP contribution is 2.26. The van der Waals surface area contributed by atoms with Crippen LogP contribution in [0.25, 0.3) is 11.2 Å². The third kappa shape index (κ3) is 3.75. The van der Waals surface area contributed by atoms with Gasteiger partial charge in [-0.25, -0.2) is 24.9 Å². The van der Waals surface area contributed by atoms with Crippen molar-refractivity contribution in [3.05, 3.63) is 59.6 Å². The second-order valence-electron chi connectivity index (χ2n) is 5.61. The first-order valence-electron chi connectivity index (χ1n) is 8.13. The van der Waals surface area contributed by atoms with Gasteiger partial charge in [-0.3, -0.25) is 0 Å². The zero-order valence-electron chi connectivity index (χ0n) is 14.1. The van der Waals surface area contributed by atoms with E-state index in [-0.39, 0.29) is 0 Å². The van der Waals surface area contributed by atoms with Crippen LogP contribution in [0, 0.1) is 6.92 Å². The van der Waals surface area contributed by atoms with Gasteiger partial charge in [-0.05, 0) is 31.0 Å². The fourth-order valence-electron chi connectivity index (χ4n) is 2.46. The van der Waals surface area contributed by atoms with Crippen molar-refractivity contribution in [3.63, 3.8) is 0 Å². The summed E-state index contributed by atoms with van der Waals surface area (Å²) in [5.74, 6) is 1.48. The second kappa shape index (κ2) is 7.40. The van der Waals surface area contributed by atoms with E-state index < -0.39 is 0 Å². The Morgan fingerprint density at radius 2 is 1.85 bits per heavy atom. The molecule has 1 N–H and O–H groups in total. The summed E-state index contributed by atoms with van der Waals surface area (Å²) in [4.78, 5) is 22.2. The Hall–Kier alpha value is -3.13. The Labute approximate surface area is 154 Å². The first-order chi connectivity index (χ1) is 12.8. The highest BCUT2D eigenvalue weighted by Gasteiger charge is 2.05. The number of aromatic nitrogens is 5.